The molecule has 6 nitrogen and oxygen atoms in total. The van der Waals surface area contributed by atoms with Crippen LogP contribution < -0.4 is 11.0 Å². The molecule has 36 heavy (non-hydrogen) atoms. The van der Waals surface area contributed by atoms with Gasteiger partial charge in [0.1, 0.15) is 17.5 Å². The number of anilines is 1. The molecule has 2 N–H and O–H groups in total. The second-order valence-corrected chi connectivity index (χ2v) is 8.52. The Hall–Kier alpha value is -4.46. The highest BCUT2D eigenvalue weighted by Crippen LogP contribution is 2.32. The number of benzene rings is 3. The van der Waals surface area contributed by atoms with Crippen LogP contribution in [0, 0.1) is 11.6 Å². The molecule has 0 saturated heterocycles. The molecule has 0 aliphatic rings. The predicted molar refractivity (Wildman–Crippen MR) is 136 cm³/mol. The summed E-state index contributed by atoms with van der Waals surface area (Å²) in [7, 11) is 0. The van der Waals surface area contributed by atoms with Gasteiger partial charge in [-0.2, -0.15) is 0 Å². The number of nitrogens with zero attached hydrogens (tertiary/aromatic N) is 3. The summed E-state index contributed by atoms with van der Waals surface area (Å²) in [6, 6.07) is 22.6. The van der Waals surface area contributed by atoms with Crippen LogP contribution in [-0.2, 0) is 13.1 Å². The first-order valence-electron chi connectivity index (χ1n) is 11.7. The lowest BCUT2D eigenvalue weighted by Gasteiger charge is -2.21. The fourth-order valence-corrected chi connectivity index (χ4v) is 4.40. The largest absolute Gasteiger partial charge is 0.359 e. The summed E-state index contributed by atoms with van der Waals surface area (Å²) in [5.41, 5.74) is 2.28. The lowest BCUT2D eigenvalue weighted by Crippen LogP contribution is -2.18. The quantitative estimate of drug-likeness (QED) is 0.285. The van der Waals surface area contributed by atoms with Crippen molar-refractivity contribution in [3.63, 3.8) is 0 Å². The third-order valence-corrected chi connectivity index (χ3v) is 6.03. The van der Waals surface area contributed by atoms with Crippen molar-refractivity contribution in [2.24, 2.45) is 0 Å². The first-order valence-corrected chi connectivity index (χ1v) is 11.7. The summed E-state index contributed by atoms with van der Waals surface area (Å²) >= 11 is 0. The fourth-order valence-electron chi connectivity index (χ4n) is 4.40. The van der Waals surface area contributed by atoms with Crippen LogP contribution in [-0.4, -0.2) is 19.1 Å². The molecule has 182 valence electrons. The maximum atomic E-state index is 14.2. The summed E-state index contributed by atoms with van der Waals surface area (Å²) in [6.07, 6.45) is 5.87. The number of H-pyrrole nitrogens is 1. The van der Waals surface area contributed by atoms with Crippen molar-refractivity contribution in [2.75, 3.05) is 5.32 Å². The Morgan fingerprint density at radius 1 is 0.889 bits per heavy atom. The van der Waals surface area contributed by atoms with E-state index in [9.17, 15) is 13.6 Å². The summed E-state index contributed by atoms with van der Waals surface area (Å²) in [5, 5.41) is 3.45. The number of hydrogen-bond acceptors (Lipinski definition) is 3. The minimum absolute atomic E-state index is 0.274. The topological polar surface area (TPSA) is 67.6 Å². The van der Waals surface area contributed by atoms with Gasteiger partial charge in [-0.25, -0.2) is 18.6 Å². The molecule has 0 bridgehead atoms. The van der Waals surface area contributed by atoms with Gasteiger partial charge in [-0.15, -0.1) is 0 Å². The first kappa shape index (κ1) is 23.3. The van der Waals surface area contributed by atoms with E-state index in [2.05, 4.69) is 15.3 Å². The van der Waals surface area contributed by atoms with Gasteiger partial charge in [0.25, 0.3) is 0 Å². The van der Waals surface area contributed by atoms with Crippen LogP contribution in [0.3, 0.4) is 0 Å². The Kier molecular flexibility index (Phi) is 6.75. The van der Waals surface area contributed by atoms with Crippen LogP contribution in [0.1, 0.15) is 23.6 Å². The SMILES string of the molecule is O=c1[nH]c(NC(c2ccccc2)c2ccccc2)c(-c2cc(F)cc(F)c2)n1CCCn1ccnc1. The summed E-state index contributed by atoms with van der Waals surface area (Å²) < 4.78 is 31.9. The molecule has 0 aliphatic carbocycles. The maximum Gasteiger partial charge on any atom is 0.327 e. The molecule has 2 aromatic heterocycles. The number of aromatic nitrogens is 4. The van der Waals surface area contributed by atoms with Crippen molar-refractivity contribution in [3.8, 4) is 11.3 Å². The molecule has 8 heteroatoms. The predicted octanol–water partition coefficient (Wildman–Crippen LogP) is 5.61. The molecule has 0 fully saturated rings. The van der Waals surface area contributed by atoms with Gasteiger partial charge in [-0.1, -0.05) is 60.7 Å². The molecule has 0 atom stereocenters. The molecule has 5 aromatic rings. The molecule has 0 unspecified atom stereocenters. The maximum absolute atomic E-state index is 14.2. The normalized spacial score (nSPS) is 11.2. The van der Waals surface area contributed by atoms with E-state index in [1.165, 1.54) is 16.7 Å². The van der Waals surface area contributed by atoms with Crippen LogP contribution in [0.4, 0.5) is 14.6 Å². The molecule has 0 saturated carbocycles. The molecular weight excluding hydrogens is 460 g/mol. The minimum Gasteiger partial charge on any atom is -0.359 e. The Morgan fingerprint density at radius 2 is 1.53 bits per heavy atom. The third kappa shape index (κ3) is 5.12. The smallest absolute Gasteiger partial charge is 0.327 e. The number of nitrogens with one attached hydrogen (secondary N) is 2. The van der Waals surface area contributed by atoms with E-state index >= 15 is 0 Å². The van der Waals surface area contributed by atoms with Gasteiger partial charge in [0.05, 0.1) is 18.1 Å². The average molecular weight is 486 g/mol. The van der Waals surface area contributed by atoms with Crippen molar-refractivity contribution in [1.29, 1.82) is 0 Å². The molecule has 3 aromatic carbocycles. The molecule has 0 aliphatic heterocycles. The molecular formula is C28H25F2N5O. The highest BCUT2D eigenvalue weighted by molar-refractivity contribution is 5.73. The van der Waals surface area contributed by atoms with Crippen LogP contribution in [0.2, 0.25) is 0 Å². The first-order chi connectivity index (χ1) is 17.6. The monoisotopic (exact) mass is 485 g/mol. The summed E-state index contributed by atoms with van der Waals surface area (Å²) in [6.45, 7) is 0.998. The lowest BCUT2D eigenvalue weighted by atomic mass is 9.98. The van der Waals surface area contributed by atoms with E-state index in [4.69, 9.17) is 0 Å². The lowest BCUT2D eigenvalue weighted by molar-refractivity contribution is 0.555. The van der Waals surface area contributed by atoms with E-state index in [1.54, 1.807) is 12.5 Å². The Bertz CT molecular complexity index is 1420. The number of imidazole rings is 2. The van der Waals surface area contributed by atoms with Crippen molar-refractivity contribution >= 4 is 5.82 Å². The van der Waals surface area contributed by atoms with E-state index in [-0.39, 0.29) is 17.3 Å². The van der Waals surface area contributed by atoms with Crippen molar-refractivity contribution in [1.82, 2.24) is 19.1 Å². The zero-order valence-electron chi connectivity index (χ0n) is 19.4. The van der Waals surface area contributed by atoms with Gasteiger partial charge in [0, 0.05) is 37.1 Å². The van der Waals surface area contributed by atoms with Crippen molar-refractivity contribution in [2.45, 2.75) is 25.6 Å². The van der Waals surface area contributed by atoms with Crippen LogP contribution in [0.15, 0.2) is 102 Å². The van der Waals surface area contributed by atoms with Crippen molar-refractivity contribution < 1.29 is 8.78 Å². The Balaban J connectivity index is 1.57. The highest BCUT2D eigenvalue weighted by atomic mass is 19.1. The van der Waals surface area contributed by atoms with Gasteiger partial charge >= 0.3 is 5.69 Å². The molecule has 2 heterocycles. The Labute approximate surface area is 206 Å². The van der Waals surface area contributed by atoms with E-state index in [0.717, 1.165) is 17.2 Å². The summed E-state index contributed by atoms with van der Waals surface area (Å²) in [4.78, 5) is 20.0. The molecule has 5 rings (SSSR count). The molecule has 0 amide bonds. The average Bonchev–Trinajstić information content (AvgIpc) is 3.51. The zero-order chi connectivity index (χ0) is 24.9. The Morgan fingerprint density at radius 3 is 2.11 bits per heavy atom. The second-order valence-electron chi connectivity index (χ2n) is 8.52. The number of aryl methyl sites for hydroxylation is 1. The van der Waals surface area contributed by atoms with E-state index < -0.39 is 11.6 Å². The third-order valence-electron chi connectivity index (χ3n) is 6.03. The molecule has 0 radical (unpaired) electrons. The van der Waals surface area contributed by atoms with Gasteiger partial charge in [0.2, 0.25) is 0 Å². The van der Waals surface area contributed by atoms with Crippen LogP contribution in [0.5, 0.6) is 0 Å². The number of rotatable bonds is 9. The van der Waals surface area contributed by atoms with E-state index in [0.29, 0.717) is 31.0 Å². The van der Waals surface area contributed by atoms with Gasteiger partial charge in [-0.05, 0) is 29.7 Å². The second kappa shape index (κ2) is 10.4. The summed E-state index contributed by atoms with van der Waals surface area (Å²) in [5.74, 6) is -1.03. The standard InChI is InChI=1S/C28H25F2N5O/c29-23-16-22(17-24(30)18-23)26-27(33-28(36)35(26)14-7-13-34-15-12-31-19-34)32-25(20-8-3-1-4-9-20)21-10-5-2-6-11-21/h1-6,8-12,15-19,25,32H,7,13-14H2,(H,33,36). The number of aromatic amines is 1. The van der Waals surface area contributed by atoms with Crippen LogP contribution >= 0.6 is 0 Å². The minimum atomic E-state index is -0.711. The van der Waals surface area contributed by atoms with Gasteiger partial charge < -0.3 is 9.88 Å². The highest BCUT2D eigenvalue weighted by Gasteiger charge is 2.22. The van der Waals surface area contributed by atoms with Gasteiger partial charge in [-0.3, -0.25) is 9.55 Å². The van der Waals surface area contributed by atoms with Crippen LogP contribution in [0.25, 0.3) is 11.3 Å². The molecule has 0 spiro atoms. The number of hydrogen-bond donors (Lipinski definition) is 2. The van der Waals surface area contributed by atoms with Gasteiger partial charge in [0.15, 0.2) is 0 Å². The van der Waals surface area contributed by atoms with Crippen molar-refractivity contribution in [3.05, 3.63) is 131 Å². The fraction of sp³-hybridized carbons (Fsp3) is 0.143. The number of halogens is 2. The van der Waals surface area contributed by atoms with E-state index in [1.807, 2.05) is 71.4 Å². The zero-order valence-corrected chi connectivity index (χ0v) is 19.4.